The van der Waals surface area contributed by atoms with E-state index in [1.54, 1.807) is 24.3 Å². The van der Waals surface area contributed by atoms with Crippen LogP contribution in [-0.2, 0) is 20.3 Å². The Bertz CT molecular complexity index is 770. The summed E-state index contributed by atoms with van der Waals surface area (Å²) in [6.45, 7) is 1.81. The van der Waals surface area contributed by atoms with Crippen molar-refractivity contribution in [2.75, 3.05) is 12.9 Å². The van der Waals surface area contributed by atoms with E-state index in [9.17, 15) is 13.8 Å². The molecular weight excluding hydrogens is 374 g/mol. The molecule has 4 bridgehead atoms. The van der Waals surface area contributed by atoms with E-state index in [1.807, 2.05) is 0 Å². The topological polar surface area (TPSA) is 72.5 Å². The van der Waals surface area contributed by atoms with Crippen molar-refractivity contribution in [2.24, 2.45) is 23.2 Å². The molecule has 0 unspecified atom stereocenters. The van der Waals surface area contributed by atoms with E-state index in [-0.39, 0.29) is 29.5 Å². The first-order valence-electron chi connectivity index (χ1n) is 10.3. The second-order valence-electron chi connectivity index (χ2n) is 9.10. The molecule has 4 fully saturated rings. The van der Waals surface area contributed by atoms with Gasteiger partial charge in [-0.05, 0) is 80.8 Å². The first-order valence-corrected chi connectivity index (χ1v) is 11.8. The predicted molar refractivity (Wildman–Crippen MR) is 107 cm³/mol. The van der Waals surface area contributed by atoms with E-state index < -0.39 is 16.8 Å². The molecule has 4 saturated carbocycles. The first kappa shape index (κ1) is 19.6. The molecule has 0 radical (unpaired) electrons. The van der Waals surface area contributed by atoms with Crippen molar-refractivity contribution < 1.29 is 18.5 Å². The minimum absolute atomic E-state index is 0.0996. The molecule has 0 saturated heterocycles. The number of esters is 1. The van der Waals surface area contributed by atoms with E-state index in [1.165, 1.54) is 44.8 Å². The smallest absolute Gasteiger partial charge is 0.339 e. The molecule has 6 heteroatoms. The number of benzene rings is 1. The van der Waals surface area contributed by atoms with Crippen LogP contribution in [0.25, 0.3) is 0 Å². The maximum atomic E-state index is 12.5. The van der Waals surface area contributed by atoms with Crippen LogP contribution in [0.3, 0.4) is 0 Å². The van der Waals surface area contributed by atoms with Gasteiger partial charge >= 0.3 is 5.97 Å². The Kier molecular flexibility index (Phi) is 5.34. The van der Waals surface area contributed by atoms with E-state index in [0.717, 1.165) is 17.8 Å². The molecule has 1 N–H and O–H groups in total. The zero-order chi connectivity index (χ0) is 19.9. The Labute approximate surface area is 169 Å². The van der Waals surface area contributed by atoms with Gasteiger partial charge in [-0.25, -0.2) is 4.79 Å². The van der Waals surface area contributed by atoms with Crippen LogP contribution in [0.5, 0.6) is 0 Å². The van der Waals surface area contributed by atoms with Crippen molar-refractivity contribution >= 4 is 22.7 Å². The summed E-state index contributed by atoms with van der Waals surface area (Å²) in [5.41, 5.74) is 0.477. The van der Waals surface area contributed by atoms with Gasteiger partial charge in [-0.2, -0.15) is 0 Å². The summed E-state index contributed by atoms with van der Waals surface area (Å²) in [5.74, 6) is 1.62. The minimum atomic E-state index is -1.29. The molecular formula is C22H29NO4S. The lowest BCUT2D eigenvalue weighted by molar-refractivity contribution is -0.128. The van der Waals surface area contributed by atoms with Crippen LogP contribution in [-0.4, -0.2) is 35.0 Å². The van der Waals surface area contributed by atoms with Crippen molar-refractivity contribution in [2.45, 2.75) is 56.4 Å². The van der Waals surface area contributed by atoms with Gasteiger partial charge in [0, 0.05) is 12.3 Å². The van der Waals surface area contributed by atoms with Gasteiger partial charge in [0.2, 0.25) is 0 Å². The van der Waals surface area contributed by atoms with Crippen LogP contribution in [0.1, 0.15) is 55.8 Å². The summed E-state index contributed by atoms with van der Waals surface area (Å²) in [5, 5.41) is 3.10. The molecule has 0 spiro atoms. The maximum absolute atomic E-state index is 12.5. The van der Waals surface area contributed by atoms with Gasteiger partial charge in [0.15, 0.2) is 6.61 Å². The highest BCUT2D eigenvalue weighted by Crippen LogP contribution is 2.61. The average Bonchev–Trinajstić information content (AvgIpc) is 2.65. The second-order valence-corrected chi connectivity index (χ2v) is 10.4. The van der Waals surface area contributed by atoms with Crippen molar-refractivity contribution in [1.29, 1.82) is 0 Å². The fourth-order valence-corrected chi connectivity index (χ4v) is 6.97. The van der Waals surface area contributed by atoms with Crippen LogP contribution in [0, 0.1) is 23.2 Å². The van der Waals surface area contributed by atoms with E-state index >= 15 is 0 Å². The molecule has 2 atom stereocenters. The molecule has 5 nitrogen and oxygen atoms in total. The number of carbonyl (C=O) groups excluding carboxylic acids is 2. The Hall–Kier alpha value is -1.69. The van der Waals surface area contributed by atoms with Crippen LogP contribution < -0.4 is 5.32 Å². The van der Waals surface area contributed by atoms with Gasteiger partial charge in [0.05, 0.1) is 21.3 Å². The molecule has 5 rings (SSSR count). The molecule has 0 heterocycles. The molecule has 1 aromatic carbocycles. The summed E-state index contributed by atoms with van der Waals surface area (Å²) in [6, 6.07) is 6.74. The Morgan fingerprint density at radius 1 is 1.14 bits per heavy atom. The number of amides is 1. The third kappa shape index (κ3) is 3.76. The van der Waals surface area contributed by atoms with Gasteiger partial charge in [0.1, 0.15) is 0 Å². The molecule has 152 valence electrons. The fourth-order valence-electron chi connectivity index (χ4n) is 6.24. The highest BCUT2D eigenvalue weighted by Gasteiger charge is 2.53. The number of carbonyl (C=O) groups is 2. The third-order valence-electron chi connectivity index (χ3n) is 7.13. The number of rotatable bonds is 6. The van der Waals surface area contributed by atoms with E-state index in [4.69, 9.17) is 4.74 Å². The zero-order valence-electron chi connectivity index (χ0n) is 16.6. The molecule has 1 aromatic rings. The van der Waals surface area contributed by atoms with Crippen LogP contribution in [0.4, 0.5) is 0 Å². The molecule has 0 aliphatic heterocycles. The van der Waals surface area contributed by atoms with Crippen molar-refractivity contribution in [1.82, 2.24) is 5.32 Å². The summed E-state index contributed by atoms with van der Waals surface area (Å²) in [6.07, 6.45) is 9.29. The van der Waals surface area contributed by atoms with Crippen molar-refractivity contribution in [3.63, 3.8) is 0 Å². The Morgan fingerprint density at radius 3 is 2.29 bits per heavy atom. The first-order chi connectivity index (χ1) is 13.4. The largest absolute Gasteiger partial charge is 0.452 e. The molecule has 28 heavy (non-hydrogen) atoms. The minimum Gasteiger partial charge on any atom is -0.452 e. The van der Waals surface area contributed by atoms with Gasteiger partial charge in [-0.1, -0.05) is 12.1 Å². The number of hydrogen-bond acceptors (Lipinski definition) is 4. The summed E-state index contributed by atoms with van der Waals surface area (Å²) in [4.78, 5) is 25.2. The average molecular weight is 404 g/mol. The summed E-state index contributed by atoms with van der Waals surface area (Å²) >= 11 is 0. The lowest BCUT2D eigenvalue weighted by Gasteiger charge is -2.59. The molecule has 4 aliphatic rings. The number of nitrogens with one attached hydrogen (secondary N) is 1. The van der Waals surface area contributed by atoms with Crippen LogP contribution in [0.15, 0.2) is 29.2 Å². The van der Waals surface area contributed by atoms with Crippen LogP contribution >= 0.6 is 0 Å². The lowest BCUT2D eigenvalue weighted by atomic mass is 9.48. The molecule has 4 aliphatic carbocycles. The molecule has 0 aromatic heterocycles. The zero-order valence-corrected chi connectivity index (χ0v) is 17.4. The summed E-state index contributed by atoms with van der Waals surface area (Å²) in [7, 11) is -1.29. The quantitative estimate of drug-likeness (QED) is 0.740. The van der Waals surface area contributed by atoms with Gasteiger partial charge < -0.3 is 10.1 Å². The Balaban J connectivity index is 1.34. The SMILES string of the molecule is C[C@@H](NC(=O)COC(=O)c1ccccc1[S@](C)=O)C12CC3CC(CC(C3)C1)C2. The van der Waals surface area contributed by atoms with Crippen LogP contribution in [0.2, 0.25) is 0 Å². The molecule has 1 amide bonds. The van der Waals surface area contributed by atoms with Gasteiger partial charge in [-0.3, -0.25) is 9.00 Å². The second kappa shape index (κ2) is 7.62. The monoisotopic (exact) mass is 403 g/mol. The predicted octanol–water partition coefficient (Wildman–Crippen LogP) is 3.30. The number of ether oxygens (including phenoxy) is 1. The van der Waals surface area contributed by atoms with Gasteiger partial charge in [-0.15, -0.1) is 0 Å². The van der Waals surface area contributed by atoms with Crippen molar-refractivity contribution in [3.05, 3.63) is 29.8 Å². The number of hydrogen-bond donors (Lipinski definition) is 1. The maximum Gasteiger partial charge on any atom is 0.339 e. The normalized spacial score (nSPS) is 32.6. The Morgan fingerprint density at radius 2 is 1.71 bits per heavy atom. The van der Waals surface area contributed by atoms with Gasteiger partial charge in [0.25, 0.3) is 5.91 Å². The standard InChI is InChI=1S/C22H29NO4S/c1-14(22-10-15-7-16(11-22)9-17(8-15)12-22)23-20(24)13-27-21(25)18-5-3-4-6-19(18)28(2)26/h3-6,14-17H,7-13H2,1-2H3,(H,23,24)/t14-,15?,16?,17?,22?,28+/m1/s1. The van der Waals surface area contributed by atoms with Crippen molar-refractivity contribution in [3.8, 4) is 0 Å². The van der Waals surface area contributed by atoms with E-state index in [2.05, 4.69) is 12.2 Å². The summed E-state index contributed by atoms with van der Waals surface area (Å²) < 4.78 is 17.0. The highest BCUT2D eigenvalue weighted by molar-refractivity contribution is 7.84. The lowest BCUT2D eigenvalue weighted by Crippen LogP contribution is -2.56. The fraction of sp³-hybridized carbons (Fsp3) is 0.636. The third-order valence-corrected chi connectivity index (χ3v) is 8.11. The highest BCUT2D eigenvalue weighted by atomic mass is 32.2. The van der Waals surface area contributed by atoms with E-state index in [0.29, 0.717) is 4.90 Å².